The minimum Gasteiger partial charge on any atom is -0.414 e. The van der Waals surface area contributed by atoms with Crippen LogP contribution in [-0.2, 0) is 14.9 Å². The molecule has 0 saturated carbocycles. The van der Waals surface area contributed by atoms with Gasteiger partial charge in [0, 0.05) is 25.2 Å². The van der Waals surface area contributed by atoms with E-state index in [1.165, 1.54) is 0 Å². The Morgan fingerprint density at radius 1 is 0.878 bits per heavy atom. The molecule has 264 valence electrons. The van der Waals surface area contributed by atoms with E-state index in [1.54, 1.807) is 36.2 Å². The van der Waals surface area contributed by atoms with Crippen LogP contribution in [0.25, 0.3) is 0 Å². The summed E-state index contributed by atoms with van der Waals surface area (Å²) in [4.78, 5) is 44.1. The highest BCUT2D eigenvalue weighted by Crippen LogP contribution is 2.44. The molecule has 9 heteroatoms. The third-order valence-corrected chi connectivity index (χ3v) is 9.29. The fourth-order valence-corrected chi connectivity index (χ4v) is 6.05. The lowest BCUT2D eigenvalue weighted by atomic mass is 9.68. The van der Waals surface area contributed by atoms with Crippen molar-refractivity contribution in [2.75, 3.05) is 41.3 Å². The van der Waals surface area contributed by atoms with E-state index in [-0.39, 0.29) is 30.4 Å². The Morgan fingerprint density at radius 2 is 1.43 bits per heavy atom. The van der Waals surface area contributed by atoms with Crippen LogP contribution in [0.5, 0.6) is 0 Å². The van der Waals surface area contributed by atoms with Crippen LogP contribution in [0, 0.1) is 0 Å². The molecule has 0 saturated heterocycles. The zero-order valence-electron chi connectivity index (χ0n) is 30.2. The summed E-state index contributed by atoms with van der Waals surface area (Å²) in [5.74, 6) is -0.0529. The van der Waals surface area contributed by atoms with Gasteiger partial charge >= 0.3 is 6.09 Å². The van der Waals surface area contributed by atoms with Crippen LogP contribution >= 0.6 is 0 Å². The van der Waals surface area contributed by atoms with Gasteiger partial charge in [-0.05, 0) is 96.6 Å². The summed E-state index contributed by atoms with van der Waals surface area (Å²) in [6, 6.07) is 28.3. The summed E-state index contributed by atoms with van der Waals surface area (Å²) >= 11 is 0. The molecule has 3 rings (SSSR count). The average molecular weight is 670 g/mol. The van der Waals surface area contributed by atoms with E-state index in [1.807, 2.05) is 69.4 Å². The molecule has 0 aliphatic heterocycles. The Balaban J connectivity index is 1.83. The number of ether oxygens (including phenoxy) is 1. The van der Waals surface area contributed by atoms with Gasteiger partial charge in [0.1, 0.15) is 11.8 Å². The SMILES string of the molecule is C/C=C(\OC(=O)N(C)C(CC)CNC(=O)C(CCCNC)NC(=O)c1ccccc1)C(CC(C)N(C)C)(c1ccccc1)c1ccccc1. The minimum atomic E-state index is -0.745. The third-order valence-electron chi connectivity index (χ3n) is 9.29. The molecule has 3 unspecified atom stereocenters. The number of allylic oxidation sites excluding steroid dienone is 2. The standard InChI is InChI=1S/C40H55N5O4/c1-8-34(29-42-38(47)35(26-19-27-41-4)43-37(46)31-20-13-10-14-21-31)45(7)39(48)49-36(9-2)40(28-30(3)44(5)6,32-22-15-11-16-23-32)33-24-17-12-18-25-33/h9-18,20-25,30,34-35,41H,8,19,26-29H2,1-7H3,(H,42,47)(H,43,46)/b36-9-. The summed E-state index contributed by atoms with van der Waals surface area (Å²) in [5.41, 5.74) is 1.80. The van der Waals surface area contributed by atoms with E-state index < -0.39 is 17.6 Å². The van der Waals surface area contributed by atoms with Gasteiger partial charge in [-0.25, -0.2) is 4.79 Å². The lowest BCUT2D eigenvalue weighted by molar-refractivity contribution is -0.123. The maximum absolute atomic E-state index is 14.0. The first kappa shape index (κ1) is 39.0. The van der Waals surface area contributed by atoms with Gasteiger partial charge in [0.05, 0.1) is 11.5 Å². The predicted octanol–water partition coefficient (Wildman–Crippen LogP) is 5.98. The molecule has 0 aliphatic carbocycles. The zero-order valence-corrected chi connectivity index (χ0v) is 30.2. The molecule has 0 aromatic heterocycles. The van der Waals surface area contributed by atoms with Gasteiger partial charge in [-0.1, -0.05) is 85.8 Å². The van der Waals surface area contributed by atoms with Gasteiger partial charge in [-0.3, -0.25) is 9.59 Å². The third kappa shape index (κ3) is 10.5. The number of benzene rings is 3. The summed E-state index contributed by atoms with van der Waals surface area (Å²) < 4.78 is 6.37. The smallest absolute Gasteiger partial charge is 0.414 e. The second-order valence-electron chi connectivity index (χ2n) is 12.7. The Labute approximate surface area is 293 Å². The Kier molecular flexibility index (Phi) is 15.5. The Hall–Kier alpha value is -4.47. The van der Waals surface area contributed by atoms with Crippen LogP contribution in [0.15, 0.2) is 103 Å². The van der Waals surface area contributed by atoms with Crippen molar-refractivity contribution in [3.8, 4) is 0 Å². The molecule has 0 radical (unpaired) electrons. The van der Waals surface area contributed by atoms with Crippen LogP contribution in [-0.4, -0.2) is 87.1 Å². The number of nitrogens with zero attached hydrogens (tertiary/aromatic N) is 2. The number of likely N-dealkylation sites (N-methyl/N-ethyl adjacent to an activating group) is 1. The molecule has 3 atom stereocenters. The van der Waals surface area contributed by atoms with E-state index in [4.69, 9.17) is 4.74 Å². The second kappa shape index (κ2) is 19.5. The number of amides is 3. The van der Waals surface area contributed by atoms with Gasteiger partial charge in [-0.15, -0.1) is 0 Å². The van der Waals surface area contributed by atoms with E-state index in [9.17, 15) is 14.4 Å². The molecule has 0 fully saturated rings. The van der Waals surface area contributed by atoms with Gasteiger partial charge < -0.3 is 30.5 Å². The van der Waals surface area contributed by atoms with Crippen LogP contribution < -0.4 is 16.0 Å². The van der Waals surface area contributed by atoms with E-state index in [0.29, 0.717) is 43.6 Å². The first-order valence-corrected chi connectivity index (χ1v) is 17.3. The van der Waals surface area contributed by atoms with E-state index in [0.717, 1.165) is 11.1 Å². The molecule has 49 heavy (non-hydrogen) atoms. The quantitative estimate of drug-likeness (QED) is 0.114. The Morgan fingerprint density at radius 3 is 1.92 bits per heavy atom. The summed E-state index contributed by atoms with van der Waals surface area (Å²) in [7, 11) is 7.66. The van der Waals surface area contributed by atoms with Gasteiger partial charge in [0.2, 0.25) is 5.91 Å². The summed E-state index contributed by atoms with van der Waals surface area (Å²) in [6.07, 6.45) is 3.81. The predicted molar refractivity (Wildman–Crippen MR) is 197 cm³/mol. The fraction of sp³-hybridized carbons (Fsp3) is 0.425. The summed E-state index contributed by atoms with van der Waals surface area (Å²) in [6.45, 7) is 6.96. The molecule has 0 spiro atoms. The lowest BCUT2D eigenvalue weighted by Gasteiger charge is -2.40. The van der Waals surface area contributed by atoms with Gasteiger partial charge in [-0.2, -0.15) is 0 Å². The van der Waals surface area contributed by atoms with Crippen molar-refractivity contribution in [2.24, 2.45) is 0 Å². The average Bonchev–Trinajstić information content (AvgIpc) is 3.13. The van der Waals surface area contributed by atoms with Gasteiger partial charge in [0.15, 0.2) is 0 Å². The first-order valence-electron chi connectivity index (χ1n) is 17.3. The van der Waals surface area contributed by atoms with Crippen molar-refractivity contribution in [1.29, 1.82) is 0 Å². The van der Waals surface area contributed by atoms with Crippen molar-refractivity contribution < 1.29 is 19.1 Å². The van der Waals surface area contributed by atoms with Crippen molar-refractivity contribution in [1.82, 2.24) is 25.8 Å². The van der Waals surface area contributed by atoms with E-state index >= 15 is 0 Å². The molecule has 3 aromatic carbocycles. The lowest BCUT2D eigenvalue weighted by Crippen LogP contribution is -2.51. The first-order chi connectivity index (χ1) is 23.6. The zero-order chi connectivity index (χ0) is 35.8. The van der Waals surface area contributed by atoms with Crippen molar-refractivity contribution in [2.45, 2.75) is 70.0 Å². The highest BCUT2D eigenvalue weighted by Gasteiger charge is 2.42. The monoisotopic (exact) mass is 669 g/mol. The van der Waals surface area contributed by atoms with Gasteiger partial charge in [0.25, 0.3) is 5.91 Å². The normalized spacial score (nSPS) is 13.7. The highest BCUT2D eigenvalue weighted by atomic mass is 16.6. The number of hydrogen-bond acceptors (Lipinski definition) is 6. The maximum Gasteiger partial charge on any atom is 0.414 e. The largest absolute Gasteiger partial charge is 0.414 e. The number of hydrogen-bond donors (Lipinski definition) is 3. The number of carbonyl (C=O) groups excluding carboxylic acids is 3. The molecular weight excluding hydrogens is 614 g/mol. The van der Waals surface area contributed by atoms with Crippen LogP contribution in [0.2, 0.25) is 0 Å². The molecule has 3 N–H and O–H groups in total. The number of carbonyl (C=O) groups is 3. The van der Waals surface area contributed by atoms with Crippen LogP contribution in [0.1, 0.15) is 67.9 Å². The molecular formula is C40H55N5O4. The van der Waals surface area contributed by atoms with Crippen LogP contribution in [0.3, 0.4) is 0 Å². The molecule has 3 aromatic rings. The van der Waals surface area contributed by atoms with Crippen molar-refractivity contribution >= 4 is 17.9 Å². The molecule has 0 heterocycles. The minimum absolute atomic E-state index is 0.147. The van der Waals surface area contributed by atoms with Crippen molar-refractivity contribution in [3.63, 3.8) is 0 Å². The molecule has 0 bridgehead atoms. The number of rotatable bonds is 18. The number of nitrogens with one attached hydrogen (secondary N) is 3. The highest BCUT2D eigenvalue weighted by molar-refractivity contribution is 5.97. The second-order valence-corrected chi connectivity index (χ2v) is 12.7. The molecule has 3 amide bonds. The molecule has 9 nitrogen and oxygen atoms in total. The fourth-order valence-electron chi connectivity index (χ4n) is 6.05. The van der Waals surface area contributed by atoms with Crippen LogP contribution in [0.4, 0.5) is 4.79 Å². The van der Waals surface area contributed by atoms with E-state index in [2.05, 4.69) is 66.1 Å². The molecule has 0 aliphatic rings. The van der Waals surface area contributed by atoms with Crippen molar-refractivity contribution in [3.05, 3.63) is 120 Å². The Bertz CT molecular complexity index is 1440. The topological polar surface area (TPSA) is 103 Å². The summed E-state index contributed by atoms with van der Waals surface area (Å²) in [5, 5.41) is 8.98. The maximum atomic E-state index is 14.0.